The van der Waals surface area contributed by atoms with Crippen molar-refractivity contribution in [2.45, 2.75) is 32.6 Å². The number of hydrogen-bond acceptors (Lipinski definition) is 8. The highest BCUT2D eigenvalue weighted by molar-refractivity contribution is 7.15. The lowest BCUT2D eigenvalue weighted by atomic mass is 10.2. The number of carbonyl (C=O) groups is 2. The van der Waals surface area contributed by atoms with Crippen LogP contribution in [0.25, 0.3) is 0 Å². The van der Waals surface area contributed by atoms with Gasteiger partial charge < -0.3 is 15.1 Å². The molecule has 1 aliphatic rings. The second kappa shape index (κ2) is 8.85. The van der Waals surface area contributed by atoms with E-state index in [0.717, 1.165) is 5.01 Å². The first-order valence-electron chi connectivity index (χ1n) is 8.96. The Hall–Kier alpha value is -2.62. The molecule has 144 valence electrons. The fraction of sp³-hybridized carbons (Fsp3) is 0.529. The lowest BCUT2D eigenvalue weighted by Gasteiger charge is -2.34. The van der Waals surface area contributed by atoms with E-state index < -0.39 is 0 Å². The van der Waals surface area contributed by atoms with Crippen LogP contribution in [0.15, 0.2) is 18.5 Å². The molecule has 0 unspecified atom stereocenters. The van der Waals surface area contributed by atoms with Gasteiger partial charge in [-0.15, -0.1) is 10.2 Å². The molecular weight excluding hydrogens is 366 g/mol. The molecule has 0 aromatic carbocycles. The van der Waals surface area contributed by atoms with E-state index in [1.165, 1.54) is 11.3 Å². The van der Waals surface area contributed by atoms with E-state index in [1.54, 1.807) is 23.4 Å². The topological polar surface area (TPSA) is 104 Å². The Balaban J connectivity index is 1.41. The number of nitrogens with one attached hydrogen (secondary N) is 1. The van der Waals surface area contributed by atoms with E-state index >= 15 is 0 Å². The molecule has 1 saturated heterocycles. The lowest BCUT2D eigenvalue weighted by Crippen LogP contribution is -2.49. The van der Waals surface area contributed by atoms with Gasteiger partial charge in [0.1, 0.15) is 5.01 Å². The fourth-order valence-electron chi connectivity index (χ4n) is 2.69. The van der Waals surface area contributed by atoms with Crippen LogP contribution in [0.5, 0.6) is 0 Å². The highest BCUT2D eigenvalue weighted by Crippen LogP contribution is 2.22. The number of piperazine rings is 1. The van der Waals surface area contributed by atoms with Crippen molar-refractivity contribution in [1.29, 1.82) is 0 Å². The van der Waals surface area contributed by atoms with Gasteiger partial charge in [0.15, 0.2) is 0 Å². The van der Waals surface area contributed by atoms with Crippen molar-refractivity contribution in [1.82, 2.24) is 25.1 Å². The number of rotatable bonds is 6. The zero-order valence-electron chi connectivity index (χ0n) is 15.5. The third kappa shape index (κ3) is 5.19. The molecule has 0 saturated carbocycles. The minimum absolute atomic E-state index is 0.0149. The summed E-state index contributed by atoms with van der Waals surface area (Å²) in [4.78, 5) is 36.7. The van der Waals surface area contributed by atoms with Gasteiger partial charge in [-0.3, -0.25) is 9.59 Å². The summed E-state index contributed by atoms with van der Waals surface area (Å²) in [5.41, 5.74) is 0. The molecule has 2 aromatic heterocycles. The van der Waals surface area contributed by atoms with Crippen molar-refractivity contribution in [3.05, 3.63) is 23.5 Å². The summed E-state index contributed by atoms with van der Waals surface area (Å²) in [6.07, 6.45) is 3.74. The van der Waals surface area contributed by atoms with E-state index in [4.69, 9.17) is 0 Å². The van der Waals surface area contributed by atoms with Gasteiger partial charge in [-0.1, -0.05) is 25.2 Å². The molecule has 0 radical (unpaired) electrons. The molecule has 1 aliphatic heterocycles. The summed E-state index contributed by atoms with van der Waals surface area (Å²) < 4.78 is 0. The van der Waals surface area contributed by atoms with Gasteiger partial charge in [-0.2, -0.15) is 0 Å². The average Bonchev–Trinajstić information content (AvgIpc) is 3.16. The molecule has 0 aliphatic carbocycles. The van der Waals surface area contributed by atoms with Gasteiger partial charge in [0, 0.05) is 57.3 Å². The Bertz CT molecular complexity index is 773. The smallest absolute Gasteiger partial charge is 0.226 e. The molecular formula is C17H23N7O2S. The number of amides is 2. The predicted molar refractivity (Wildman–Crippen MR) is 103 cm³/mol. The number of aromatic nitrogens is 4. The van der Waals surface area contributed by atoms with E-state index in [-0.39, 0.29) is 30.6 Å². The van der Waals surface area contributed by atoms with Crippen molar-refractivity contribution in [3.8, 4) is 0 Å². The monoisotopic (exact) mass is 389 g/mol. The van der Waals surface area contributed by atoms with Crippen molar-refractivity contribution in [3.63, 3.8) is 0 Å². The van der Waals surface area contributed by atoms with Crippen molar-refractivity contribution in [2.75, 3.05) is 36.4 Å². The van der Waals surface area contributed by atoms with Crippen LogP contribution >= 0.6 is 11.3 Å². The van der Waals surface area contributed by atoms with Gasteiger partial charge >= 0.3 is 0 Å². The largest absolute Gasteiger partial charge is 0.339 e. The van der Waals surface area contributed by atoms with Crippen molar-refractivity contribution >= 4 is 34.2 Å². The molecule has 10 heteroatoms. The maximum Gasteiger partial charge on any atom is 0.226 e. The minimum Gasteiger partial charge on any atom is -0.339 e. The standard InChI is InChI=1S/C17H23N7O2S/c1-12(2)15-21-22-17(27-15)20-13(25)4-5-14(26)23-8-10-24(11-9-23)16-18-6-3-7-19-16/h3,6-7,12H,4-5,8-11H2,1-2H3,(H,20,22,25). The molecule has 9 nitrogen and oxygen atoms in total. The van der Waals surface area contributed by atoms with E-state index in [1.807, 2.05) is 13.8 Å². The van der Waals surface area contributed by atoms with Crippen LogP contribution in [0, 0.1) is 0 Å². The highest BCUT2D eigenvalue weighted by Gasteiger charge is 2.23. The molecule has 3 heterocycles. The van der Waals surface area contributed by atoms with Gasteiger partial charge in [0.2, 0.25) is 22.9 Å². The van der Waals surface area contributed by atoms with Crippen molar-refractivity contribution < 1.29 is 9.59 Å². The average molecular weight is 389 g/mol. The minimum atomic E-state index is -0.217. The van der Waals surface area contributed by atoms with Gasteiger partial charge in [-0.05, 0) is 6.07 Å². The van der Waals surface area contributed by atoms with Gasteiger partial charge in [-0.25, -0.2) is 9.97 Å². The van der Waals surface area contributed by atoms with E-state index in [0.29, 0.717) is 37.3 Å². The Kier molecular flexibility index (Phi) is 6.28. The van der Waals surface area contributed by atoms with Crippen LogP contribution < -0.4 is 10.2 Å². The molecule has 2 aromatic rings. The number of carbonyl (C=O) groups excluding carboxylic acids is 2. The summed E-state index contributed by atoms with van der Waals surface area (Å²) in [5.74, 6) is 0.724. The molecule has 3 rings (SSSR count). The molecule has 0 spiro atoms. The van der Waals surface area contributed by atoms with Crippen LogP contribution in [0.2, 0.25) is 0 Å². The fourth-order valence-corrected chi connectivity index (χ4v) is 3.45. The molecule has 2 amide bonds. The zero-order valence-corrected chi connectivity index (χ0v) is 16.3. The van der Waals surface area contributed by atoms with E-state index in [9.17, 15) is 9.59 Å². The Morgan fingerprint density at radius 2 is 1.81 bits per heavy atom. The van der Waals surface area contributed by atoms with Crippen LogP contribution in [0.4, 0.5) is 11.1 Å². The summed E-state index contributed by atoms with van der Waals surface area (Å²) in [5, 5.41) is 12.1. The molecule has 0 atom stereocenters. The summed E-state index contributed by atoms with van der Waals surface area (Å²) in [6, 6.07) is 1.78. The maximum absolute atomic E-state index is 12.4. The number of hydrogen-bond donors (Lipinski definition) is 1. The second-order valence-corrected chi connectivity index (χ2v) is 7.57. The third-order valence-electron chi connectivity index (χ3n) is 4.21. The van der Waals surface area contributed by atoms with Crippen LogP contribution in [-0.2, 0) is 9.59 Å². The summed E-state index contributed by atoms with van der Waals surface area (Å²) >= 11 is 1.36. The Labute approximate surface area is 161 Å². The highest BCUT2D eigenvalue weighted by atomic mass is 32.1. The lowest BCUT2D eigenvalue weighted by molar-refractivity contribution is -0.133. The number of nitrogens with zero attached hydrogens (tertiary/aromatic N) is 6. The van der Waals surface area contributed by atoms with Crippen LogP contribution in [0.1, 0.15) is 37.6 Å². The summed E-state index contributed by atoms with van der Waals surface area (Å²) in [7, 11) is 0. The SMILES string of the molecule is CC(C)c1nnc(NC(=O)CCC(=O)N2CCN(c3ncccn3)CC2)s1. The summed E-state index contributed by atoms with van der Waals surface area (Å²) in [6.45, 7) is 6.62. The molecule has 1 N–H and O–H groups in total. The maximum atomic E-state index is 12.4. The van der Waals surface area contributed by atoms with Crippen LogP contribution in [-0.4, -0.2) is 63.1 Å². The van der Waals surface area contributed by atoms with Gasteiger partial charge in [0.25, 0.3) is 0 Å². The Morgan fingerprint density at radius 3 is 2.44 bits per heavy atom. The van der Waals surface area contributed by atoms with Crippen LogP contribution in [0.3, 0.4) is 0 Å². The quantitative estimate of drug-likeness (QED) is 0.799. The predicted octanol–water partition coefficient (Wildman–Crippen LogP) is 1.52. The molecule has 0 bridgehead atoms. The Morgan fingerprint density at radius 1 is 1.11 bits per heavy atom. The number of anilines is 2. The van der Waals surface area contributed by atoms with Crippen molar-refractivity contribution in [2.24, 2.45) is 0 Å². The first kappa shape index (κ1) is 19.2. The normalized spacial score (nSPS) is 14.5. The molecule has 27 heavy (non-hydrogen) atoms. The van der Waals surface area contributed by atoms with E-state index in [2.05, 4.69) is 30.4 Å². The zero-order chi connectivity index (χ0) is 19.2. The first-order chi connectivity index (χ1) is 13.0. The second-order valence-electron chi connectivity index (χ2n) is 6.56. The third-order valence-corrected chi connectivity index (χ3v) is 5.35. The first-order valence-corrected chi connectivity index (χ1v) is 9.77. The van der Waals surface area contributed by atoms with Gasteiger partial charge in [0.05, 0.1) is 0 Å². The molecule has 1 fully saturated rings.